The van der Waals surface area contributed by atoms with Gasteiger partial charge in [0.1, 0.15) is 5.69 Å². The normalized spacial score (nSPS) is 12.0. The van der Waals surface area contributed by atoms with Crippen molar-refractivity contribution < 1.29 is 14.3 Å². The number of ether oxygens (including phenoxy) is 2. The topological polar surface area (TPSA) is 85.4 Å². The van der Waals surface area contributed by atoms with E-state index in [4.69, 9.17) is 9.47 Å². The highest BCUT2D eigenvalue weighted by molar-refractivity contribution is 5.92. The number of benzene rings is 1. The summed E-state index contributed by atoms with van der Waals surface area (Å²) in [6.07, 6.45) is 2.45. The quantitative estimate of drug-likeness (QED) is 0.848. The van der Waals surface area contributed by atoms with E-state index in [9.17, 15) is 4.79 Å². The van der Waals surface area contributed by atoms with E-state index in [1.54, 1.807) is 12.3 Å². The van der Waals surface area contributed by atoms with Crippen molar-refractivity contribution in [1.82, 2.24) is 15.3 Å². The fourth-order valence-electron chi connectivity index (χ4n) is 2.13. The summed E-state index contributed by atoms with van der Waals surface area (Å²) < 4.78 is 10.6. The highest BCUT2D eigenvalue weighted by Crippen LogP contribution is 2.32. The minimum atomic E-state index is -0.194. The number of carbonyl (C=O) groups excluding carboxylic acids is 1. The van der Waals surface area contributed by atoms with Gasteiger partial charge in [-0.3, -0.25) is 4.79 Å². The first-order chi connectivity index (χ1) is 11.3. The van der Waals surface area contributed by atoms with Crippen LogP contribution in [0.15, 0.2) is 30.5 Å². The molecule has 3 rings (SSSR count). The Bertz CT molecular complexity index is 705. The molecule has 1 aromatic carbocycles. The number of aromatic nitrogens is 2. The fraction of sp³-hybridized carbons (Fsp3) is 0.312. The molecule has 0 unspecified atom stereocenters. The maximum Gasteiger partial charge on any atom is 0.270 e. The van der Waals surface area contributed by atoms with Gasteiger partial charge in [-0.15, -0.1) is 0 Å². The van der Waals surface area contributed by atoms with E-state index in [1.807, 2.05) is 25.1 Å². The smallest absolute Gasteiger partial charge is 0.270 e. The molecule has 0 bridgehead atoms. The summed E-state index contributed by atoms with van der Waals surface area (Å²) in [7, 11) is 0. The van der Waals surface area contributed by atoms with Gasteiger partial charge < -0.3 is 20.1 Å². The number of nitrogens with zero attached hydrogens (tertiary/aromatic N) is 2. The van der Waals surface area contributed by atoms with Crippen molar-refractivity contribution in [3.05, 3.63) is 41.7 Å². The Hall–Kier alpha value is -2.83. The lowest BCUT2D eigenvalue weighted by Gasteiger charge is -2.07. The molecule has 0 fully saturated rings. The monoisotopic (exact) mass is 314 g/mol. The molecule has 7 heteroatoms. The van der Waals surface area contributed by atoms with Crippen molar-refractivity contribution in [2.75, 3.05) is 18.7 Å². The summed E-state index contributed by atoms with van der Waals surface area (Å²) in [5.41, 5.74) is 1.36. The third-order valence-corrected chi connectivity index (χ3v) is 3.31. The second kappa shape index (κ2) is 6.95. The summed E-state index contributed by atoms with van der Waals surface area (Å²) in [5, 5.41) is 5.90. The molecule has 1 aliphatic heterocycles. The Morgan fingerprint density at radius 2 is 2.13 bits per heavy atom. The molecule has 1 aromatic heterocycles. The first kappa shape index (κ1) is 15.1. The third kappa shape index (κ3) is 3.68. The molecule has 0 spiro atoms. The lowest BCUT2D eigenvalue weighted by Crippen LogP contribution is -2.25. The van der Waals surface area contributed by atoms with Crippen molar-refractivity contribution in [2.45, 2.75) is 19.9 Å². The molecule has 0 saturated carbocycles. The van der Waals surface area contributed by atoms with E-state index in [2.05, 4.69) is 20.6 Å². The average molecular weight is 314 g/mol. The second-order valence-electron chi connectivity index (χ2n) is 5.06. The van der Waals surface area contributed by atoms with Gasteiger partial charge in [0.2, 0.25) is 12.7 Å². The van der Waals surface area contributed by atoms with Crippen LogP contribution in [0.1, 0.15) is 29.4 Å². The Morgan fingerprint density at radius 3 is 3.00 bits per heavy atom. The Kier molecular flexibility index (Phi) is 4.56. The van der Waals surface area contributed by atoms with Crippen LogP contribution in [-0.4, -0.2) is 29.2 Å². The number of anilines is 1. The van der Waals surface area contributed by atoms with Gasteiger partial charge in [-0.25, -0.2) is 9.97 Å². The van der Waals surface area contributed by atoms with E-state index in [0.717, 1.165) is 23.5 Å². The first-order valence-electron chi connectivity index (χ1n) is 7.50. The van der Waals surface area contributed by atoms with Crippen LogP contribution in [0.5, 0.6) is 11.5 Å². The maximum absolute atomic E-state index is 11.9. The molecule has 2 N–H and O–H groups in total. The van der Waals surface area contributed by atoms with E-state index in [-0.39, 0.29) is 12.7 Å². The van der Waals surface area contributed by atoms with Gasteiger partial charge in [0, 0.05) is 19.3 Å². The lowest BCUT2D eigenvalue weighted by atomic mass is 10.2. The van der Waals surface area contributed by atoms with Crippen molar-refractivity contribution in [3.63, 3.8) is 0 Å². The number of hydrogen-bond acceptors (Lipinski definition) is 6. The van der Waals surface area contributed by atoms with Crippen LogP contribution < -0.4 is 20.1 Å². The van der Waals surface area contributed by atoms with Gasteiger partial charge in [-0.05, 0) is 30.2 Å². The highest BCUT2D eigenvalue weighted by atomic mass is 16.7. The van der Waals surface area contributed by atoms with Crippen LogP contribution in [0.3, 0.4) is 0 Å². The molecular weight excluding hydrogens is 296 g/mol. The molecule has 2 heterocycles. The van der Waals surface area contributed by atoms with E-state index in [0.29, 0.717) is 24.7 Å². The average Bonchev–Trinajstić information content (AvgIpc) is 3.06. The summed E-state index contributed by atoms with van der Waals surface area (Å²) in [6, 6.07) is 7.32. The van der Waals surface area contributed by atoms with E-state index in [1.165, 1.54) is 0 Å². The van der Waals surface area contributed by atoms with Crippen molar-refractivity contribution in [3.8, 4) is 11.5 Å². The van der Waals surface area contributed by atoms with Crippen molar-refractivity contribution in [1.29, 1.82) is 0 Å². The summed E-state index contributed by atoms with van der Waals surface area (Å²) in [4.78, 5) is 20.3. The van der Waals surface area contributed by atoms with Gasteiger partial charge in [0.15, 0.2) is 11.5 Å². The number of hydrogen-bond donors (Lipinski definition) is 2. The standard InChI is InChI=1S/C16H18N4O3/c1-2-6-17-15(21)12-5-7-18-16(20-12)19-9-11-3-4-13-14(8-11)23-10-22-13/h3-5,7-8H,2,6,9-10H2,1H3,(H,17,21)(H,18,19,20). The number of rotatable bonds is 6. The maximum atomic E-state index is 11.9. The molecule has 1 aliphatic rings. The largest absolute Gasteiger partial charge is 0.454 e. The van der Waals surface area contributed by atoms with Gasteiger partial charge >= 0.3 is 0 Å². The predicted molar refractivity (Wildman–Crippen MR) is 84.5 cm³/mol. The van der Waals surface area contributed by atoms with Crippen LogP contribution in [0.2, 0.25) is 0 Å². The molecule has 23 heavy (non-hydrogen) atoms. The number of nitrogens with one attached hydrogen (secondary N) is 2. The minimum Gasteiger partial charge on any atom is -0.454 e. The van der Waals surface area contributed by atoms with E-state index >= 15 is 0 Å². The second-order valence-corrected chi connectivity index (χ2v) is 5.06. The molecule has 2 aromatic rings. The molecule has 1 amide bonds. The first-order valence-corrected chi connectivity index (χ1v) is 7.50. The van der Waals surface area contributed by atoms with Gasteiger partial charge in [-0.1, -0.05) is 13.0 Å². The Morgan fingerprint density at radius 1 is 1.26 bits per heavy atom. The van der Waals surface area contributed by atoms with Crippen LogP contribution in [0.4, 0.5) is 5.95 Å². The fourth-order valence-corrected chi connectivity index (χ4v) is 2.13. The predicted octanol–water partition coefficient (Wildman–Crippen LogP) is 1.96. The third-order valence-electron chi connectivity index (χ3n) is 3.31. The van der Waals surface area contributed by atoms with E-state index < -0.39 is 0 Å². The van der Waals surface area contributed by atoms with Gasteiger partial charge in [-0.2, -0.15) is 0 Å². The number of amides is 1. The zero-order chi connectivity index (χ0) is 16.1. The zero-order valence-corrected chi connectivity index (χ0v) is 12.8. The van der Waals surface area contributed by atoms with Crippen LogP contribution in [0, 0.1) is 0 Å². The van der Waals surface area contributed by atoms with Crippen LogP contribution in [-0.2, 0) is 6.54 Å². The Labute approximate surface area is 134 Å². The molecule has 0 saturated heterocycles. The summed E-state index contributed by atoms with van der Waals surface area (Å²) in [5.74, 6) is 1.70. The van der Waals surface area contributed by atoms with Gasteiger partial charge in [0.25, 0.3) is 5.91 Å². The zero-order valence-electron chi connectivity index (χ0n) is 12.8. The summed E-state index contributed by atoms with van der Waals surface area (Å²) >= 11 is 0. The number of carbonyl (C=O) groups is 1. The Balaban J connectivity index is 1.63. The molecule has 0 atom stereocenters. The highest BCUT2D eigenvalue weighted by Gasteiger charge is 2.13. The molecule has 0 aliphatic carbocycles. The van der Waals surface area contributed by atoms with Gasteiger partial charge in [0.05, 0.1) is 0 Å². The molecule has 7 nitrogen and oxygen atoms in total. The lowest BCUT2D eigenvalue weighted by molar-refractivity contribution is 0.0948. The molecular formula is C16H18N4O3. The SMILES string of the molecule is CCCNC(=O)c1ccnc(NCc2ccc3c(c2)OCO3)n1. The molecule has 0 radical (unpaired) electrons. The number of fused-ring (bicyclic) bond motifs is 1. The minimum absolute atomic E-state index is 0.194. The summed E-state index contributed by atoms with van der Waals surface area (Å²) in [6.45, 7) is 3.41. The van der Waals surface area contributed by atoms with Crippen molar-refractivity contribution >= 4 is 11.9 Å². The van der Waals surface area contributed by atoms with Crippen LogP contribution in [0.25, 0.3) is 0 Å². The van der Waals surface area contributed by atoms with Crippen LogP contribution >= 0.6 is 0 Å². The molecule has 120 valence electrons. The van der Waals surface area contributed by atoms with Crippen molar-refractivity contribution in [2.24, 2.45) is 0 Å².